The molecule has 0 fully saturated rings. The Morgan fingerprint density at radius 3 is 2.67 bits per heavy atom. The van der Waals surface area contributed by atoms with E-state index in [9.17, 15) is 14.3 Å². The zero-order valence-electron chi connectivity index (χ0n) is 11.9. The molecule has 0 radical (unpaired) electrons. The number of rotatable bonds is 5. The molecule has 1 atom stereocenters. The number of aromatic nitrogens is 2. The lowest BCUT2D eigenvalue weighted by Crippen LogP contribution is -2.34. The van der Waals surface area contributed by atoms with Crippen molar-refractivity contribution in [2.45, 2.75) is 19.9 Å². The standard InChI is InChI=1S/C14H16FN3O3/c1-7(2)11(14(19)20)18-13-8-4-5-9(21-3)10(15)12(8)16-6-17-13/h4-7,11H,1-3H3,(H,19,20)(H,16,17,18)/t11-/m0/s1. The highest BCUT2D eigenvalue weighted by atomic mass is 19.1. The van der Waals surface area contributed by atoms with Crippen LogP contribution in [-0.2, 0) is 4.79 Å². The summed E-state index contributed by atoms with van der Waals surface area (Å²) in [6, 6.07) is 2.23. The van der Waals surface area contributed by atoms with Gasteiger partial charge in [0.2, 0.25) is 0 Å². The van der Waals surface area contributed by atoms with Gasteiger partial charge in [-0.25, -0.2) is 19.2 Å². The minimum Gasteiger partial charge on any atom is -0.494 e. The van der Waals surface area contributed by atoms with Crippen LogP contribution in [0.3, 0.4) is 0 Å². The number of anilines is 1. The quantitative estimate of drug-likeness (QED) is 0.880. The summed E-state index contributed by atoms with van der Waals surface area (Å²) in [6.07, 6.45) is 1.19. The van der Waals surface area contributed by atoms with Crippen LogP contribution in [0.4, 0.5) is 10.2 Å². The fourth-order valence-corrected chi connectivity index (χ4v) is 2.01. The van der Waals surface area contributed by atoms with Gasteiger partial charge in [0.1, 0.15) is 23.7 Å². The maximum atomic E-state index is 14.1. The molecule has 2 N–H and O–H groups in total. The summed E-state index contributed by atoms with van der Waals surface area (Å²) in [6.45, 7) is 3.55. The average molecular weight is 293 g/mol. The number of benzene rings is 1. The SMILES string of the molecule is COc1ccc2c(N[C@H](C(=O)O)C(C)C)ncnc2c1F. The van der Waals surface area contributed by atoms with Crippen molar-refractivity contribution in [1.29, 1.82) is 0 Å². The second kappa shape index (κ2) is 5.90. The molecule has 0 unspecified atom stereocenters. The summed E-state index contributed by atoms with van der Waals surface area (Å²) in [5.74, 6) is -1.40. The Kier molecular flexibility index (Phi) is 4.21. The summed E-state index contributed by atoms with van der Waals surface area (Å²) in [5, 5.41) is 12.4. The molecule has 1 aromatic carbocycles. The number of aliphatic carboxylic acids is 1. The summed E-state index contributed by atoms with van der Waals surface area (Å²) < 4.78 is 19.0. The number of carboxylic acids is 1. The molecule has 1 aromatic heterocycles. The molecule has 0 amide bonds. The molecule has 0 aliphatic rings. The molecule has 0 spiro atoms. The van der Waals surface area contributed by atoms with Crippen LogP contribution in [0.25, 0.3) is 10.9 Å². The Balaban J connectivity index is 2.50. The van der Waals surface area contributed by atoms with E-state index in [1.807, 2.05) is 0 Å². The smallest absolute Gasteiger partial charge is 0.326 e. The van der Waals surface area contributed by atoms with Crippen LogP contribution >= 0.6 is 0 Å². The summed E-state index contributed by atoms with van der Waals surface area (Å²) in [7, 11) is 1.36. The van der Waals surface area contributed by atoms with Gasteiger partial charge in [-0.1, -0.05) is 13.8 Å². The number of ether oxygens (including phenoxy) is 1. The van der Waals surface area contributed by atoms with Crippen molar-refractivity contribution in [1.82, 2.24) is 9.97 Å². The Labute approximate surface area is 121 Å². The van der Waals surface area contributed by atoms with E-state index < -0.39 is 17.8 Å². The van der Waals surface area contributed by atoms with Crippen molar-refractivity contribution in [2.24, 2.45) is 5.92 Å². The van der Waals surface area contributed by atoms with Gasteiger partial charge in [0.05, 0.1) is 7.11 Å². The van der Waals surface area contributed by atoms with E-state index >= 15 is 0 Å². The van der Waals surface area contributed by atoms with Crippen LogP contribution in [0.5, 0.6) is 5.75 Å². The second-order valence-corrected chi connectivity index (χ2v) is 4.90. The van der Waals surface area contributed by atoms with Gasteiger partial charge in [0.25, 0.3) is 0 Å². The lowest BCUT2D eigenvalue weighted by atomic mass is 10.0. The Morgan fingerprint density at radius 1 is 1.38 bits per heavy atom. The molecule has 112 valence electrons. The monoisotopic (exact) mass is 293 g/mol. The fraction of sp³-hybridized carbons (Fsp3) is 0.357. The first-order chi connectivity index (χ1) is 9.95. The maximum absolute atomic E-state index is 14.1. The van der Waals surface area contributed by atoms with Crippen LogP contribution in [0.2, 0.25) is 0 Å². The van der Waals surface area contributed by atoms with Crippen LogP contribution in [0, 0.1) is 11.7 Å². The van der Waals surface area contributed by atoms with Crippen molar-refractivity contribution in [3.05, 3.63) is 24.3 Å². The summed E-state index contributed by atoms with van der Waals surface area (Å²) in [5.41, 5.74) is 0.0831. The van der Waals surface area contributed by atoms with Gasteiger partial charge in [-0.05, 0) is 18.1 Å². The van der Waals surface area contributed by atoms with E-state index in [1.54, 1.807) is 19.9 Å². The number of nitrogens with one attached hydrogen (secondary N) is 1. The van der Waals surface area contributed by atoms with E-state index in [1.165, 1.54) is 19.5 Å². The van der Waals surface area contributed by atoms with Crippen LogP contribution in [0.1, 0.15) is 13.8 Å². The zero-order chi connectivity index (χ0) is 15.6. The number of nitrogens with zero attached hydrogens (tertiary/aromatic N) is 2. The van der Waals surface area contributed by atoms with Gasteiger partial charge in [-0.15, -0.1) is 0 Å². The lowest BCUT2D eigenvalue weighted by molar-refractivity contribution is -0.138. The maximum Gasteiger partial charge on any atom is 0.326 e. The highest BCUT2D eigenvalue weighted by Crippen LogP contribution is 2.28. The number of hydrogen-bond donors (Lipinski definition) is 2. The minimum absolute atomic E-state index is 0.0748. The third kappa shape index (κ3) is 2.86. The van der Waals surface area contributed by atoms with Crippen LogP contribution in [0.15, 0.2) is 18.5 Å². The molecule has 0 aliphatic carbocycles. The van der Waals surface area contributed by atoms with E-state index in [2.05, 4.69) is 15.3 Å². The molecule has 2 aromatic rings. The third-order valence-electron chi connectivity index (χ3n) is 3.15. The first-order valence-electron chi connectivity index (χ1n) is 6.42. The van der Waals surface area contributed by atoms with Crippen molar-refractivity contribution in [3.63, 3.8) is 0 Å². The highest BCUT2D eigenvalue weighted by Gasteiger charge is 2.23. The number of halogens is 1. The molecule has 0 bridgehead atoms. The van der Waals surface area contributed by atoms with Gasteiger partial charge in [0.15, 0.2) is 11.6 Å². The molecule has 2 rings (SSSR count). The molecular weight excluding hydrogens is 277 g/mol. The van der Waals surface area contributed by atoms with Gasteiger partial charge in [0, 0.05) is 5.39 Å². The molecular formula is C14H16FN3O3. The Hall–Kier alpha value is -2.44. The van der Waals surface area contributed by atoms with E-state index in [-0.39, 0.29) is 23.0 Å². The van der Waals surface area contributed by atoms with E-state index in [0.717, 1.165) is 0 Å². The van der Waals surface area contributed by atoms with Crippen LogP contribution in [-0.4, -0.2) is 34.2 Å². The summed E-state index contributed by atoms with van der Waals surface area (Å²) >= 11 is 0. The van der Waals surface area contributed by atoms with Gasteiger partial charge in [-0.3, -0.25) is 0 Å². The average Bonchev–Trinajstić information content (AvgIpc) is 2.44. The highest BCUT2D eigenvalue weighted by molar-refractivity contribution is 5.92. The second-order valence-electron chi connectivity index (χ2n) is 4.90. The molecule has 21 heavy (non-hydrogen) atoms. The number of carbonyl (C=O) groups is 1. The van der Waals surface area contributed by atoms with Crippen molar-refractivity contribution < 1.29 is 19.0 Å². The van der Waals surface area contributed by atoms with Gasteiger partial charge in [-0.2, -0.15) is 0 Å². The van der Waals surface area contributed by atoms with E-state index in [4.69, 9.17) is 4.74 Å². The Bertz CT molecular complexity index is 676. The zero-order valence-corrected chi connectivity index (χ0v) is 11.9. The Morgan fingerprint density at radius 2 is 2.10 bits per heavy atom. The molecule has 1 heterocycles. The predicted molar refractivity (Wildman–Crippen MR) is 75.9 cm³/mol. The minimum atomic E-state index is -0.995. The van der Waals surface area contributed by atoms with Crippen molar-refractivity contribution in [2.75, 3.05) is 12.4 Å². The molecule has 0 aliphatic heterocycles. The number of fused-ring (bicyclic) bond motifs is 1. The summed E-state index contributed by atoms with van der Waals surface area (Å²) in [4.78, 5) is 19.2. The molecule has 0 saturated heterocycles. The third-order valence-corrected chi connectivity index (χ3v) is 3.15. The topological polar surface area (TPSA) is 84.3 Å². The normalized spacial score (nSPS) is 12.4. The lowest BCUT2D eigenvalue weighted by Gasteiger charge is -2.19. The van der Waals surface area contributed by atoms with Gasteiger partial charge >= 0.3 is 5.97 Å². The number of methoxy groups -OCH3 is 1. The number of hydrogen-bond acceptors (Lipinski definition) is 5. The van der Waals surface area contributed by atoms with Crippen LogP contribution < -0.4 is 10.1 Å². The van der Waals surface area contributed by atoms with Crippen molar-refractivity contribution in [3.8, 4) is 5.75 Å². The first-order valence-corrected chi connectivity index (χ1v) is 6.42. The molecule has 0 saturated carbocycles. The fourth-order valence-electron chi connectivity index (χ4n) is 2.01. The predicted octanol–water partition coefficient (Wildman–Crippen LogP) is 2.30. The molecule has 7 heteroatoms. The van der Waals surface area contributed by atoms with Crippen molar-refractivity contribution >= 4 is 22.7 Å². The molecule has 6 nitrogen and oxygen atoms in total. The van der Waals surface area contributed by atoms with Gasteiger partial charge < -0.3 is 15.2 Å². The largest absolute Gasteiger partial charge is 0.494 e. The first kappa shape index (κ1) is 15.0. The van der Waals surface area contributed by atoms with E-state index in [0.29, 0.717) is 5.39 Å². The number of carboxylic acid groups (broad SMARTS) is 1.